The highest BCUT2D eigenvalue weighted by Gasteiger charge is 2.32. The van der Waals surface area contributed by atoms with Gasteiger partial charge in [0.1, 0.15) is 0 Å². The Hall–Kier alpha value is -2.53. The number of likely N-dealkylation sites (N-methyl/N-ethyl adjacent to an activating group) is 1. The molecule has 1 saturated heterocycles. The summed E-state index contributed by atoms with van der Waals surface area (Å²) in [6.07, 6.45) is 1.78. The van der Waals surface area contributed by atoms with Gasteiger partial charge in [0.05, 0.1) is 21.3 Å². The van der Waals surface area contributed by atoms with Gasteiger partial charge in [-0.25, -0.2) is 9.79 Å². The first-order valence-corrected chi connectivity index (χ1v) is 11.7. The van der Waals surface area contributed by atoms with Crippen molar-refractivity contribution in [3.8, 4) is 11.5 Å². The highest BCUT2D eigenvalue weighted by molar-refractivity contribution is 14.1. The van der Waals surface area contributed by atoms with Gasteiger partial charge in [0.25, 0.3) is 5.91 Å². The SMILES string of the molecule is CCN1C(=O)/C(=C\c2cc(I)c(OCC(=O)O)c(OC)c2)SC1=Nc1cc(C)ccc1C. The molecule has 9 heteroatoms. The number of aliphatic carboxylic acids is 1. The van der Waals surface area contributed by atoms with E-state index in [1.807, 2.05) is 45.0 Å². The molecule has 0 aromatic heterocycles. The average molecular weight is 566 g/mol. The summed E-state index contributed by atoms with van der Waals surface area (Å²) in [4.78, 5) is 30.8. The standard InChI is InChI=1S/C23H23IN2O5S/c1-5-26-22(29)19(32-23(26)25-17-8-13(2)6-7-14(17)3)11-15-9-16(24)21(18(10-15)30-4)31-12-20(27)28/h6-11H,5,12H2,1-4H3,(H,27,28)/b19-11+,25-23?. The molecular weight excluding hydrogens is 543 g/mol. The summed E-state index contributed by atoms with van der Waals surface area (Å²) in [5.41, 5.74) is 3.74. The van der Waals surface area contributed by atoms with Gasteiger partial charge in [-0.1, -0.05) is 12.1 Å². The van der Waals surface area contributed by atoms with E-state index < -0.39 is 12.6 Å². The number of carbonyl (C=O) groups is 2. The van der Waals surface area contributed by atoms with E-state index in [0.717, 1.165) is 22.4 Å². The van der Waals surface area contributed by atoms with Crippen LogP contribution in [-0.2, 0) is 9.59 Å². The highest BCUT2D eigenvalue weighted by atomic mass is 127. The first-order valence-electron chi connectivity index (χ1n) is 9.83. The van der Waals surface area contributed by atoms with Gasteiger partial charge in [0, 0.05) is 6.54 Å². The number of benzene rings is 2. The Balaban J connectivity index is 1.95. The fourth-order valence-corrected chi connectivity index (χ4v) is 4.90. The Bertz CT molecular complexity index is 1130. The molecule has 0 spiro atoms. The molecule has 0 aliphatic carbocycles. The molecule has 0 saturated carbocycles. The number of ether oxygens (including phenoxy) is 2. The molecule has 2 aromatic rings. The molecule has 7 nitrogen and oxygen atoms in total. The summed E-state index contributed by atoms with van der Waals surface area (Å²) in [6.45, 7) is 5.97. The third-order valence-electron chi connectivity index (χ3n) is 4.67. The molecular formula is C23H23IN2O5S. The molecule has 0 unspecified atom stereocenters. The zero-order chi connectivity index (χ0) is 23.4. The predicted molar refractivity (Wildman–Crippen MR) is 135 cm³/mol. The van der Waals surface area contributed by atoms with Gasteiger partial charge in [0.15, 0.2) is 23.3 Å². The maximum absolute atomic E-state index is 13.0. The van der Waals surface area contributed by atoms with E-state index in [1.165, 1.54) is 18.9 Å². The number of amidine groups is 1. The van der Waals surface area contributed by atoms with E-state index in [9.17, 15) is 9.59 Å². The van der Waals surface area contributed by atoms with Crippen LogP contribution in [0, 0.1) is 17.4 Å². The largest absolute Gasteiger partial charge is 0.493 e. The molecule has 1 aliphatic heterocycles. The van der Waals surface area contributed by atoms with E-state index in [-0.39, 0.29) is 5.91 Å². The number of carboxylic acid groups (broad SMARTS) is 1. The second-order valence-corrected chi connectivity index (χ2v) is 9.23. The smallest absolute Gasteiger partial charge is 0.341 e. The number of methoxy groups -OCH3 is 1. The van der Waals surface area contributed by atoms with Crippen molar-refractivity contribution in [3.05, 3.63) is 55.5 Å². The summed E-state index contributed by atoms with van der Waals surface area (Å²) in [7, 11) is 1.49. The number of amides is 1. The second kappa shape index (κ2) is 10.4. The molecule has 2 aromatic carbocycles. The Morgan fingerprint density at radius 3 is 2.69 bits per heavy atom. The third kappa shape index (κ3) is 5.44. The van der Waals surface area contributed by atoms with Crippen LogP contribution in [-0.4, -0.2) is 47.3 Å². The van der Waals surface area contributed by atoms with Gasteiger partial charge in [-0.15, -0.1) is 0 Å². The molecule has 1 heterocycles. The first kappa shape index (κ1) is 24.1. The minimum Gasteiger partial charge on any atom is -0.493 e. The maximum atomic E-state index is 13.0. The molecule has 0 bridgehead atoms. The van der Waals surface area contributed by atoms with Gasteiger partial charge < -0.3 is 14.6 Å². The first-order chi connectivity index (χ1) is 15.2. The molecule has 1 N–H and O–H groups in total. The number of aryl methyl sites for hydroxylation is 2. The Morgan fingerprint density at radius 2 is 2.03 bits per heavy atom. The summed E-state index contributed by atoms with van der Waals surface area (Å²) < 4.78 is 11.4. The molecule has 1 fully saturated rings. The van der Waals surface area contributed by atoms with Crippen LogP contribution >= 0.6 is 34.4 Å². The number of carboxylic acids is 1. The quantitative estimate of drug-likeness (QED) is 0.375. The zero-order valence-electron chi connectivity index (χ0n) is 18.1. The van der Waals surface area contributed by atoms with E-state index in [1.54, 1.807) is 17.0 Å². The lowest BCUT2D eigenvalue weighted by molar-refractivity contribution is -0.139. The number of halogens is 1. The number of hydrogen-bond donors (Lipinski definition) is 1. The van der Waals surface area contributed by atoms with Crippen molar-refractivity contribution >= 4 is 63.2 Å². The van der Waals surface area contributed by atoms with Crippen molar-refractivity contribution in [2.75, 3.05) is 20.3 Å². The number of thioether (sulfide) groups is 1. The summed E-state index contributed by atoms with van der Waals surface area (Å²) >= 11 is 3.39. The van der Waals surface area contributed by atoms with Crippen LogP contribution in [0.15, 0.2) is 40.2 Å². The second-order valence-electron chi connectivity index (χ2n) is 7.06. The minimum absolute atomic E-state index is 0.110. The van der Waals surface area contributed by atoms with Crippen LogP contribution in [0.2, 0.25) is 0 Å². The minimum atomic E-state index is -1.07. The summed E-state index contributed by atoms with van der Waals surface area (Å²) in [5, 5.41) is 9.52. The van der Waals surface area contributed by atoms with Gasteiger partial charge in [0.2, 0.25) is 0 Å². The van der Waals surface area contributed by atoms with Crippen molar-refractivity contribution < 1.29 is 24.2 Å². The molecule has 0 atom stereocenters. The molecule has 1 amide bonds. The Kier molecular flexibility index (Phi) is 7.83. The lowest BCUT2D eigenvalue weighted by Crippen LogP contribution is -2.28. The fourth-order valence-electron chi connectivity index (χ4n) is 3.06. The van der Waals surface area contributed by atoms with Gasteiger partial charge >= 0.3 is 5.97 Å². The fraction of sp³-hybridized carbons (Fsp3) is 0.261. The summed E-state index contributed by atoms with van der Waals surface area (Å²) in [5.74, 6) is -0.425. The van der Waals surface area contributed by atoms with E-state index in [0.29, 0.717) is 31.7 Å². The topological polar surface area (TPSA) is 88.4 Å². The van der Waals surface area contributed by atoms with Crippen LogP contribution in [0.4, 0.5) is 5.69 Å². The molecule has 168 valence electrons. The number of rotatable bonds is 7. The van der Waals surface area contributed by atoms with Crippen LogP contribution in [0.1, 0.15) is 23.6 Å². The van der Waals surface area contributed by atoms with Crippen molar-refractivity contribution in [1.29, 1.82) is 0 Å². The lowest BCUT2D eigenvalue weighted by atomic mass is 10.1. The van der Waals surface area contributed by atoms with Gasteiger partial charge in [-0.05, 0) is 96.1 Å². The average Bonchev–Trinajstić information content (AvgIpc) is 3.03. The number of hydrogen-bond acceptors (Lipinski definition) is 6. The Morgan fingerprint density at radius 1 is 1.28 bits per heavy atom. The normalized spacial score (nSPS) is 16.2. The maximum Gasteiger partial charge on any atom is 0.341 e. The van der Waals surface area contributed by atoms with Crippen LogP contribution in [0.3, 0.4) is 0 Å². The number of carbonyl (C=O) groups excluding carboxylic acids is 1. The molecule has 3 rings (SSSR count). The molecule has 32 heavy (non-hydrogen) atoms. The number of aliphatic imine (C=N–C) groups is 1. The van der Waals surface area contributed by atoms with Crippen LogP contribution < -0.4 is 9.47 Å². The van der Waals surface area contributed by atoms with Gasteiger partial charge in [-0.2, -0.15) is 0 Å². The van der Waals surface area contributed by atoms with Crippen molar-refractivity contribution in [1.82, 2.24) is 4.90 Å². The zero-order valence-corrected chi connectivity index (χ0v) is 21.1. The summed E-state index contributed by atoms with van der Waals surface area (Å²) in [6, 6.07) is 9.60. The van der Waals surface area contributed by atoms with Crippen LogP contribution in [0.5, 0.6) is 11.5 Å². The molecule has 1 aliphatic rings. The number of nitrogens with zero attached hydrogens (tertiary/aromatic N) is 2. The highest BCUT2D eigenvalue weighted by Crippen LogP contribution is 2.38. The monoisotopic (exact) mass is 566 g/mol. The van der Waals surface area contributed by atoms with Crippen molar-refractivity contribution in [2.45, 2.75) is 20.8 Å². The van der Waals surface area contributed by atoms with E-state index >= 15 is 0 Å². The molecule has 0 radical (unpaired) electrons. The van der Waals surface area contributed by atoms with Gasteiger partial charge in [-0.3, -0.25) is 9.69 Å². The Labute approximate surface area is 204 Å². The van der Waals surface area contributed by atoms with Crippen LogP contribution in [0.25, 0.3) is 6.08 Å². The third-order valence-corrected chi connectivity index (χ3v) is 6.48. The lowest BCUT2D eigenvalue weighted by Gasteiger charge is -2.13. The predicted octanol–water partition coefficient (Wildman–Crippen LogP) is 5.00. The van der Waals surface area contributed by atoms with E-state index in [2.05, 4.69) is 22.6 Å². The van der Waals surface area contributed by atoms with E-state index in [4.69, 9.17) is 19.6 Å². The van der Waals surface area contributed by atoms with Crippen molar-refractivity contribution in [2.24, 2.45) is 4.99 Å². The van der Waals surface area contributed by atoms with Crippen molar-refractivity contribution in [3.63, 3.8) is 0 Å².